The minimum Gasteiger partial charge on any atom is -0.312 e. The van der Waals surface area contributed by atoms with Crippen LogP contribution >= 0.6 is 0 Å². The van der Waals surface area contributed by atoms with Gasteiger partial charge in [-0.1, -0.05) is 30.3 Å². The zero-order chi connectivity index (χ0) is 11.0. The van der Waals surface area contributed by atoms with Gasteiger partial charge in [0.15, 0.2) is 0 Å². The van der Waals surface area contributed by atoms with E-state index in [1.54, 1.807) is 0 Å². The maximum Gasteiger partial charge on any atom is 0.0227 e. The Balaban J connectivity index is 0.000000364. The van der Waals surface area contributed by atoms with E-state index in [0.29, 0.717) is 0 Å². The van der Waals surface area contributed by atoms with Gasteiger partial charge in [0.25, 0.3) is 0 Å². The Hall–Kier alpha value is -0.860. The van der Waals surface area contributed by atoms with Crippen LogP contribution in [-0.4, -0.2) is 45.0 Å². The molecule has 0 aliphatic rings. The van der Waals surface area contributed by atoms with Crippen molar-refractivity contribution in [3.05, 3.63) is 35.9 Å². The van der Waals surface area contributed by atoms with Crippen LogP contribution in [0.2, 0.25) is 0 Å². The average Bonchev–Trinajstić information content (AvgIpc) is 2.03. The Morgan fingerprint density at radius 2 is 1.29 bits per heavy atom. The molecule has 0 bridgehead atoms. The fourth-order valence-electron chi connectivity index (χ4n) is 0.949. The average molecular weight is 194 g/mol. The van der Waals surface area contributed by atoms with Crippen LogP contribution in [-0.2, 0) is 6.54 Å². The van der Waals surface area contributed by atoms with Crippen molar-refractivity contribution in [1.82, 2.24) is 9.80 Å². The lowest BCUT2D eigenvalue weighted by atomic mass is 10.2. The first-order valence-electron chi connectivity index (χ1n) is 4.82. The molecule has 0 radical (unpaired) electrons. The van der Waals surface area contributed by atoms with E-state index in [-0.39, 0.29) is 0 Å². The molecule has 14 heavy (non-hydrogen) atoms. The zero-order valence-corrected chi connectivity index (χ0v) is 9.99. The van der Waals surface area contributed by atoms with E-state index >= 15 is 0 Å². The highest BCUT2D eigenvalue weighted by atomic mass is 15.0. The van der Waals surface area contributed by atoms with Gasteiger partial charge in [-0.15, -0.1) is 0 Å². The molecule has 0 aliphatic heterocycles. The van der Waals surface area contributed by atoms with E-state index in [0.717, 1.165) is 6.54 Å². The summed E-state index contributed by atoms with van der Waals surface area (Å²) in [5.41, 5.74) is 1.37. The molecule has 1 rings (SSSR count). The van der Waals surface area contributed by atoms with Crippen molar-refractivity contribution in [3.8, 4) is 0 Å². The van der Waals surface area contributed by atoms with Crippen LogP contribution in [0, 0.1) is 0 Å². The smallest absolute Gasteiger partial charge is 0.0227 e. The van der Waals surface area contributed by atoms with Crippen molar-refractivity contribution < 1.29 is 0 Å². The lowest BCUT2D eigenvalue weighted by Gasteiger charge is -2.08. The molecule has 0 saturated carbocycles. The van der Waals surface area contributed by atoms with Crippen LogP contribution in [0.25, 0.3) is 0 Å². The Labute approximate surface area is 88.1 Å². The van der Waals surface area contributed by atoms with Gasteiger partial charge >= 0.3 is 0 Å². The molecule has 0 atom stereocenters. The van der Waals surface area contributed by atoms with E-state index < -0.39 is 0 Å². The second-order valence-corrected chi connectivity index (χ2v) is 4.07. The van der Waals surface area contributed by atoms with Crippen LogP contribution in [0.15, 0.2) is 30.3 Å². The van der Waals surface area contributed by atoms with Crippen LogP contribution in [0.5, 0.6) is 0 Å². The third-order valence-electron chi connectivity index (χ3n) is 1.34. The van der Waals surface area contributed by atoms with Gasteiger partial charge in [-0.2, -0.15) is 0 Å². The largest absolute Gasteiger partial charge is 0.312 e. The maximum absolute atomic E-state index is 2.16. The molecular weight excluding hydrogens is 172 g/mol. The molecule has 0 aromatic heterocycles. The van der Waals surface area contributed by atoms with Crippen molar-refractivity contribution >= 4 is 0 Å². The summed E-state index contributed by atoms with van der Waals surface area (Å²) in [6.45, 7) is 1.03. The first-order chi connectivity index (χ1) is 6.52. The van der Waals surface area contributed by atoms with Gasteiger partial charge in [0.1, 0.15) is 0 Å². The number of rotatable bonds is 2. The highest BCUT2D eigenvalue weighted by Gasteiger charge is 1.90. The van der Waals surface area contributed by atoms with Crippen LogP contribution in [0.4, 0.5) is 0 Å². The summed E-state index contributed by atoms with van der Waals surface area (Å²) in [6, 6.07) is 10.5. The SMILES string of the molecule is CN(C)C.CN(C)Cc1ccccc1. The standard InChI is InChI=1S/C9H13N.C3H9N/c1-10(2)8-9-6-4-3-5-7-9;1-4(2)3/h3-7H,8H2,1-2H3;1-3H3. The summed E-state index contributed by atoms with van der Waals surface area (Å²) in [6.07, 6.45) is 0. The van der Waals surface area contributed by atoms with Crippen molar-refractivity contribution in [2.45, 2.75) is 6.54 Å². The van der Waals surface area contributed by atoms with Crippen molar-refractivity contribution in [2.75, 3.05) is 35.2 Å². The molecule has 2 heteroatoms. The molecular formula is C12H22N2. The summed E-state index contributed by atoms with van der Waals surface area (Å²) in [4.78, 5) is 4.16. The Kier molecular flexibility index (Phi) is 7.07. The molecule has 0 fully saturated rings. The summed E-state index contributed by atoms with van der Waals surface area (Å²) in [7, 11) is 10.2. The second-order valence-electron chi connectivity index (χ2n) is 4.07. The minimum absolute atomic E-state index is 1.03. The fourth-order valence-corrected chi connectivity index (χ4v) is 0.949. The quantitative estimate of drug-likeness (QED) is 0.710. The molecule has 1 aromatic rings. The molecule has 0 heterocycles. The first kappa shape index (κ1) is 13.1. The molecule has 80 valence electrons. The van der Waals surface area contributed by atoms with E-state index in [2.05, 4.69) is 43.3 Å². The monoisotopic (exact) mass is 194 g/mol. The van der Waals surface area contributed by atoms with Gasteiger partial charge in [0.05, 0.1) is 0 Å². The molecule has 0 amide bonds. The molecule has 0 spiro atoms. The van der Waals surface area contributed by atoms with Gasteiger partial charge in [-0.25, -0.2) is 0 Å². The minimum atomic E-state index is 1.03. The third-order valence-corrected chi connectivity index (χ3v) is 1.34. The van der Waals surface area contributed by atoms with Gasteiger partial charge < -0.3 is 9.80 Å². The van der Waals surface area contributed by atoms with E-state index in [1.807, 2.05) is 32.1 Å². The van der Waals surface area contributed by atoms with Gasteiger partial charge in [0.2, 0.25) is 0 Å². The van der Waals surface area contributed by atoms with E-state index in [9.17, 15) is 0 Å². The molecule has 2 nitrogen and oxygen atoms in total. The lowest BCUT2D eigenvalue weighted by Crippen LogP contribution is -2.10. The Bertz CT molecular complexity index is 214. The van der Waals surface area contributed by atoms with E-state index in [1.165, 1.54) is 5.56 Å². The van der Waals surface area contributed by atoms with Crippen LogP contribution in [0.3, 0.4) is 0 Å². The second kappa shape index (κ2) is 7.54. The predicted molar refractivity (Wildman–Crippen MR) is 63.4 cm³/mol. The molecule has 0 N–H and O–H groups in total. The number of benzene rings is 1. The summed E-state index contributed by atoms with van der Waals surface area (Å²) < 4.78 is 0. The summed E-state index contributed by atoms with van der Waals surface area (Å²) >= 11 is 0. The van der Waals surface area contributed by atoms with Crippen molar-refractivity contribution in [1.29, 1.82) is 0 Å². The van der Waals surface area contributed by atoms with Crippen molar-refractivity contribution in [2.24, 2.45) is 0 Å². The molecule has 0 aliphatic carbocycles. The molecule has 0 saturated heterocycles. The lowest BCUT2D eigenvalue weighted by molar-refractivity contribution is 0.402. The van der Waals surface area contributed by atoms with Crippen LogP contribution in [0.1, 0.15) is 5.56 Å². The molecule has 0 unspecified atom stereocenters. The van der Waals surface area contributed by atoms with Gasteiger partial charge in [-0.3, -0.25) is 0 Å². The summed E-state index contributed by atoms with van der Waals surface area (Å²) in [5, 5.41) is 0. The maximum atomic E-state index is 2.16. The zero-order valence-electron chi connectivity index (χ0n) is 9.99. The highest BCUT2D eigenvalue weighted by Crippen LogP contribution is 1.99. The summed E-state index contributed by atoms with van der Waals surface area (Å²) in [5.74, 6) is 0. The normalized spacial score (nSPS) is 9.93. The van der Waals surface area contributed by atoms with E-state index in [4.69, 9.17) is 0 Å². The highest BCUT2D eigenvalue weighted by molar-refractivity contribution is 5.14. The Morgan fingerprint density at radius 1 is 0.857 bits per heavy atom. The molecule has 1 aromatic carbocycles. The topological polar surface area (TPSA) is 6.48 Å². The van der Waals surface area contributed by atoms with Crippen LogP contribution < -0.4 is 0 Å². The first-order valence-corrected chi connectivity index (χ1v) is 4.82. The van der Waals surface area contributed by atoms with Crippen molar-refractivity contribution in [3.63, 3.8) is 0 Å². The van der Waals surface area contributed by atoms with Gasteiger partial charge in [0, 0.05) is 6.54 Å². The number of hydrogen-bond acceptors (Lipinski definition) is 2. The third kappa shape index (κ3) is 9.23. The Morgan fingerprint density at radius 3 is 1.64 bits per heavy atom. The fraction of sp³-hybridized carbons (Fsp3) is 0.500. The number of nitrogens with zero attached hydrogens (tertiary/aromatic N) is 2. The van der Waals surface area contributed by atoms with Gasteiger partial charge in [-0.05, 0) is 40.8 Å². The number of hydrogen-bond donors (Lipinski definition) is 0. The predicted octanol–water partition coefficient (Wildman–Crippen LogP) is 1.93.